The average Bonchev–Trinajstić information content (AvgIpc) is 3.40. The Kier molecular flexibility index (Phi) is 6.43. The molecule has 1 saturated heterocycles. The molecule has 2 aliphatic rings. The zero-order valence-corrected chi connectivity index (χ0v) is 16.9. The number of amides is 1. The van der Waals surface area contributed by atoms with Crippen molar-refractivity contribution in [2.75, 3.05) is 13.2 Å². The maximum Gasteiger partial charge on any atom is 0.407 e. The summed E-state index contributed by atoms with van der Waals surface area (Å²) < 4.78 is 17.1. The van der Waals surface area contributed by atoms with Crippen LogP contribution in [0.15, 0.2) is 42.0 Å². The minimum absolute atomic E-state index is 0.0428. The molecule has 28 heavy (non-hydrogen) atoms. The molecule has 1 spiro atoms. The second-order valence-electron chi connectivity index (χ2n) is 8.41. The van der Waals surface area contributed by atoms with E-state index in [2.05, 4.69) is 26.1 Å². The quantitative estimate of drug-likeness (QED) is 0.665. The first-order chi connectivity index (χ1) is 13.4. The van der Waals surface area contributed by atoms with E-state index in [0.717, 1.165) is 18.4 Å². The number of alkyl carbamates (subject to hydrolysis) is 1. The summed E-state index contributed by atoms with van der Waals surface area (Å²) in [6, 6.07) is 9.06. The number of rotatable bonds is 8. The monoisotopic (exact) mass is 389 g/mol. The second kappa shape index (κ2) is 8.64. The number of carbonyl (C=O) groups excluding carboxylic acids is 1. The summed E-state index contributed by atoms with van der Waals surface area (Å²) in [5.41, 5.74) is 1.56. The lowest BCUT2D eigenvalue weighted by Gasteiger charge is -2.37. The standard InChI is InChI=1S/C22H31NO5/c1-4-5-11-18(23-20(25)26-13-16-9-7-6-8-10-16)19(24)17-12-22(17)27-14-21(2,3)15-28-22/h6-10,12,18-19,24H,4-5,11,13-15H2,1-3H3,(H,23,25)/t18-,19-/m0/s1. The third-order valence-electron chi connectivity index (χ3n) is 5.10. The second-order valence-corrected chi connectivity index (χ2v) is 8.41. The van der Waals surface area contributed by atoms with Gasteiger partial charge < -0.3 is 24.6 Å². The Hall–Kier alpha value is -1.89. The number of aliphatic hydroxyl groups excluding tert-OH is 1. The lowest BCUT2D eigenvalue weighted by atomic mass is 9.95. The summed E-state index contributed by atoms with van der Waals surface area (Å²) in [6.45, 7) is 7.54. The number of aliphatic hydroxyl groups is 1. The smallest absolute Gasteiger partial charge is 0.407 e. The maximum absolute atomic E-state index is 12.3. The van der Waals surface area contributed by atoms with Crippen molar-refractivity contribution in [3.63, 3.8) is 0 Å². The summed E-state index contributed by atoms with van der Waals surface area (Å²) in [5, 5.41) is 13.7. The lowest BCUT2D eigenvalue weighted by Crippen LogP contribution is -2.47. The molecule has 2 atom stereocenters. The van der Waals surface area contributed by atoms with E-state index in [0.29, 0.717) is 25.2 Å². The Bertz CT molecular complexity index is 690. The highest BCUT2D eigenvalue weighted by molar-refractivity contribution is 5.68. The van der Waals surface area contributed by atoms with Crippen molar-refractivity contribution in [1.82, 2.24) is 5.32 Å². The largest absolute Gasteiger partial charge is 0.445 e. The topological polar surface area (TPSA) is 77.0 Å². The van der Waals surface area contributed by atoms with E-state index in [-0.39, 0.29) is 12.0 Å². The first-order valence-corrected chi connectivity index (χ1v) is 10.0. The van der Waals surface area contributed by atoms with Crippen LogP contribution in [0.2, 0.25) is 0 Å². The molecule has 1 heterocycles. The van der Waals surface area contributed by atoms with Gasteiger partial charge in [-0.25, -0.2) is 4.79 Å². The van der Waals surface area contributed by atoms with Crippen LogP contribution in [0.5, 0.6) is 0 Å². The van der Waals surface area contributed by atoms with Crippen molar-refractivity contribution in [3.8, 4) is 0 Å². The van der Waals surface area contributed by atoms with Gasteiger partial charge in [0.1, 0.15) is 12.7 Å². The molecule has 0 saturated carbocycles. The Labute approximate surface area is 166 Å². The number of hydrogen-bond donors (Lipinski definition) is 2. The van der Waals surface area contributed by atoms with E-state index in [4.69, 9.17) is 14.2 Å². The SMILES string of the molecule is CCCC[C@H](NC(=O)OCc1ccccc1)[C@@H](O)C1=CC12OCC(C)(C)CO2. The van der Waals surface area contributed by atoms with Crippen molar-refractivity contribution in [2.24, 2.45) is 5.41 Å². The van der Waals surface area contributed by atoms with Crippen LogP contribution in [0, 0.1) is 5.41 Å². The molecule has 154 valence electrons. The maximum atomic E-state index is 12.3. The van der Waals surface area contributed by atoms with Gasteiger partial charge in [0.05, 0.1) is 19.3 Å². The van der Waals surface area contributed by atoms with Crippen LogP contribution >= 0.6 is 0 Å². The number of hydrogen-bond acceptors (Lipinski definition) is 5. The molecular formula is C22H31NO5. The summed E-state index contributed by atoms with van der Waals surface area (Å²) in [4.78, 5) is 12.3. The van der Waals surface area contributed by atoms with Crippen LogP contribution in [0.25, 0.3) is 0 Å². The van der Waals surface area contributed by atoms with Gasteiger partial charge in [-0.3, -0.25) is 0 Å². The molecular weight excluding hydrogens is 358 g/mol. The number of unbranched alkanes of at least 4 members (excludes halogenated alkanes) is 1. The van der Waals surface area contributed by atoms with Gasteiger partial charge in [0.15, 0.2) is 0 Å². The van der Waals surface area contributed by atoms with Crippen LogP contribution in [-0.2, 0) is 20.8 Å². The van der Waals surface area contributed by atoms with Crippen LogP contribution in [0.3, 0.4) is 0 Å². The molecule has 3 rings (SSSR count). The molecule has 6 heteroatoms. The number of ether oxygens (including phenoxy) is 3. The fourth-order valence-electron chi connectivity index (χ4n) is 3.26. The van der Waals surface area contributed by atoms with Gasteiger partial charge in [-0.2, -0.15) is 0 Å². The molecule has 1 fully saturated rings. The van der Waals surface area contributed by atoms with Crippen molar-refractivity contribution in [1.29, 1.82) is 0 Å². The van der Waals surface area contributed by atoms with E-state index < -0.39 is 24.0 Å². The molecule has 1 aromatic carbocycles. The summed E-state index contributed by atoms with van der Waals surface area (Å²) >= 11 is 0. The molecule has 1 aliphatic heterocycles. The number of benzene rings is 1. The molecule has 0 aromatic heterocycles. The zero-order valence-electron chi connectivity index (χ0n) is 16.9. The predicted octanol–water partition coefficient (Wildman–Crippen LogP) is 3.54. The summed E-state index contributed by atoms with van der Waals surface area (Å²) in [6.07, 6.45) is 2.91. The van der Waals surface area contributed by atoms with Gasteiger partial charge in [-0.15, -0.1) is 0 Å². The Morgan fingerprint density at radius 2 is 1.93 bits per heavy atom. The van der Waals surface area contributed by atoms with Crippen LogP contribution in [0.1, 0.15) is 45.6 Å². The molecule has 0 unspecified atom stereocenters. The lowest BCUT2D eigenvalue weighted by molar-refractivity contribution is -0.233. The highest BCUT2D eigenvalue weighted by Gasteiger charge is 2.55. The fraction of sp³-hybridized carbons (Fsp3) is 0.591. The van der Waals surface area contributed by atoms with Crippen molar-refractivity contribution in [3.05, 3.63) is 47.5 Å². The molecule has 1 aliphatic carbocycles. The fourth-order valence-corrected chi connectivity index (χ4v) is 3.26. The van der Waals surface area contributed by atoms with E-state index in [1.165, 1.54) is 0 Å². The van der Waals surface area contributed by atoms with E-state index in [1.54, 1.807) is 0 Å². The average molecular weight is 389 g/mol. The molecule has 1 amide bonds. The van der Waals surface area contributed by atoms with Gasteiger partial charge in [0.25, 0.3) is 0 Å². The van der Waals surface area contributed by atoms with Gasteiger partial charge in [0, 0.05) is 11.0 Å². The molecule has 6 nitrogen and oxygen atoms in total. The third kappa shape index (κ3) is 5.13. The van der Waals surface area contributed by atoms with Crippen molar-refractivity contribution >= 4 is 6.09 Å². The Balaban J connectivity index is 1.54. The predicted molar refractivity (Wildman–Crippen MR) is 106 cm³/mol. The molecule has 2 N–H and O–H groups in total. The van der Waals surface area contributed by atoms with Gasteiger partial charge in [-0.1, -0.05) is 63.9 Å². The molecule has 0 bridgehead atoms. The minimum atomic E-state index is -0.894. The van der Waals surface area contributed by atoms with Crippen LogP contribution < -0.4 is 5.32 Å². The van der Waals surface area contributed by atoms with Gasteiger partial charge >= 0.3 is 6.09 Å². The molecule has 1 aromatic rings. The van der Waals surface area contributed by atoms with Crippen LogP contribution in [-0.4, -0.2) is 42.3 Å². The van der Waals surface area contributed by atoms with E-state index in [1.807, 2.05) is 36.4 Å². The zero-order chi connectivity index (χ0) is 20.2. The van der Waals surface area contributed by atoms with Gasteiger partial charge in [0.2, 0.25) is 5.79 Å². The first-order valence-electron chi connectivity index (χ1n) is 10.0. The summed E-state index contributed by atoms with van der Waals surface area (Å²) in [5.74, 6) is -0.894. The first kappa shape index (κ1) is 20.8. The highest BCUT2D eigenvalue weighted by atomic mass is 16.7. The molecule has 0 radical (unpaired) electrons. The van der Waals surface area contributed by atoms with Crippen molar-refractivity contribution < 1.29 is 24.1 Å². The van der Waals surface area contributed by atoms with E-state index >= 15 is 0 Å². The van der Waals surface area contributed by atoms with Gasteiger partial charge in [-0.05, 0) is 18.1 Å². The van der Waals surface area contributed by atoms with E-state index in [9.17, 15) is 9.90 Å². The Morgan fingerprint density at radius 1 is 1.25 bits per heavy atom. The van der Waals surface area contributed by atoms with Crippen molar-refractivity contribution in [2.45, 2.75) is 64.6 Å². The number of nitrogens with one attached hydrogen (secondary N) is 1. The van der Waals surface area contributed by atoms with Crippen LogP contribution in [0.4, 0.5) is 4.79 Å². The summed E-state index contributed by atoms with van der Waals surface area (Å²) in [7, 11) is 0. The highest BCUT2D eigenvalue weighted by Crippen LogP contribution is 2.47. The third-order valence-corrected chi connectivity index (χ3v) is 5.10. The normalized spacial score (nSPS) is 21.5. The number of carbonyl (C=O) groups is 1. The Morgan fingerprint density at radius 3 is 2.57 bits per heavy atom. The minimum Gasteiger partial charge on any atom is -0.445 e.